The van der Waals surface area contributed by atoms with E-state index in [0.29, 0.717) is 32.8 Å². The van der Waals surface area contributed by atoms with Crippen LogP contribution in [-0.4, -0.2) is 83.3 Å². The van der Waals surface area contributed by atoms with Crippen molar-refractivity contribution in [3.8, 4) is 5.82 Å². The molecule has 0 spiro atoms. The van der Waals surface area contributed by atoms with Gasteiger partial charge < -0.3 is 24.2 Å². The predicted molar refractivity (Wildman–Crippen MR) is 140 cm³/mol. The Balaban J connectivity index is 1.54. The summed E-state index contributed by atoms with van der Waals surface area (Å²) in [5, 5.41) is 20.3. The quantitative estimate of drug-likeness (QED) is 0.343. The normalized spacial score (nSPS) is 24.9. The van der Waals surface area contributed by atoms with Crippen LogP contribution in [0.2, 0.25) is 25.7 Å². The molecule has 0 aromatic carbocycles. The van der Waals surface area contributed by atoms with Crippen LogP contribution < -0.4 is 4.90 Å². The van der Waals surface area contributed by atoms with E-state index in [4.69, 9.17) is 24.3 Å². The monoisotopic (exact) mass is 514 g/mol. The molecule has 1 atom stereocenters. The van der Waals surface area contributed by atoms with E-state index in [9.17, 15) is 5.11 Å². The third-order valence-corrected chi connectivity index (χ3v) is 9.03. The SMILES string of the molecule is COC1(c2cc(N3CCOC[C@H]3C)nc3c2cnn3-c2ccnn2COCC[Si](C)(C)C)CC(O)C1. The lowest BCUT2D eigenvalue weighted by Crippen LogP contribution is -2.47. The molecule has 1 saturated carbocycles. The number of aliphatic hydroxyl groups excluding tert-OH is 1. The molecule has 1 aliphatic heterocycles. The van der Waals surface area contributed by atoms with Crippen molar-refractivity contribution in [2.45, 2.75) is 69.9 Å². The molecule has 3 aromatic rings. The maximum atomic E-state index is 10.2. The standard InChI is InChI=1S/C25H38N6O4Si/c1-18-16-34-9-8-29(18)22-12-21(25(33-2)13-19(32)14-25)20-15-27-31(24(20)28-22)23-6-7-26-30(23)17-35-10-11-36(3,4)5/h6-7,12,15,18-19,32H,8-11,13-14,16-17H2,1-5H3/t18-,19?,25?/m1/s1. The fourth-order valence-electron chi connectivity index (χ4n) is 5.08. The average Bonchev–Trinajstić information content (AvgIpc) is 3.45. The van der Waals surface area contributed by atoms with Crippen molar-refractivity contribution in [2.24, 2.45) is 0 Å². The lowest BCUT2D eigenvalue weighted by molar-refractivity contribution is -0.142. The highest BCUT2D eigenvalue weighted by Gasteiger charge is 2.47. The molecule has 2 aliphatic rings. The van der Waals surface area contributed by atoms with Crippen LogP contribution in [0.4, 0.5) is 5.82 Å². The molecule has 2 fully saturated rings. The molecular weight excluding hydrogens is 476 g/mol. The van der Waals surface area contributed by atoms with Crippen LogP contribution in [0.25, 0.3) is 16.9 Å². The van der Waals surface area contributed by atoms with Gasteiger partial charge in [0, 0.05) is 58.2 Å². The number of hydrogen-bond donors (Lipinski definition) is 1. The largest absolute Gasteiger partial charge is 0.393 e. The van der Waals surface area contributed by atoms with Crippen LogP contribution in [0.15, 0.2) is 24.5 Å². The third-order valence-electron chi connectivity index (χ3n) is 7.32. The first-order valence-corrected chi connectivity index (χ1v) is 16.5. The van der Waals surface area contributed by atoms with E-state index in [0.717, 1.165) is 47.4 Å². The first-order valence-electron chi connectivity index (χ1n) is 12.8. The second kappa shape index (κ2) is 9.86. The smallest absolute Gasteiger partial charge is 0.167 e. The van der Waals surface area contributed by atoms with Crippen molar-refractivity contribution in [1.29, 1.82) is 0 Å². The van der Waals surface area contributed by atoms with Crippen LogP contribution in [0.1, 0.15) is 25.3 Å². The Morgan fingerprint density at radius 3 is 2.75 bits per heavy atom. The zero-order chi connectivity index (χ0) is 25.5. The number of pyridine rings is 1. The van der Waals surface area contributed by atoms with E-state index in [1.54, 1.807) is 13.3 Å². The summed E-state index contributed by atoms with van der Waals surface area (Å²) in [5.41, 5.74) is 1.19. The molecule has 3 aromatic heterocycles. The van der Waals surface area contributed by atoms with Gasteiger partial charge in [0.05, 0.1) is 43.4 Å². The number of hydrogen-bond acceptors (Lipinski definition) is 8. The Labute approximate surface area is 213 Å². The molecule has 10 nitrogen and oxygen atoms in total. The Morgan fingerprint density at radius 2 is 2.06 bits per heavy atom. The minimum Gasteiger partial charge on any atom is -0.393 e. The molecule has 0 radical (unpaired) electrons. The minimum absolute atomic E-state index is 0.198. The molecule has 11 heteroatoms. The number of fused-ring (bicyclic) bond motifs is 1. The van der Waals surface area contributed by atoms with Gasteiger partial charge in [-0.15, -0.1) is 0 Å². The molecule has 1 N–H and O–H groups in total. The Morgan fingerprint density at radius 1 is 1.25 bits per heavy atom. The zero-order valence-electron chi connectivity index (χ0n) is 22.0. The first-order chi connectivity index (χ1) is 17.2. The summed E-state index contributed by atoms with van der Waals surface area (Å²) in [6.07, 6.45) is 4.34. The predicted octanol–water partition coefficient (Wildman–Crippen LogP) is 3.15. The number of ether oxygens (including phenoxy) is 3. The summed E-state index contributed by atoms with van der Waals surface area (Å²) in [7, 11) is 0.547. The summed E-state index contributed by atoms with van der Waals surface area (Å²) >= 11 is 0. The summed E-state index contributed by atoms with van der Waals surface area (Å²) in [5.74, 6) is 1.66. The number of methoxy groups -OCH3 is 1. The van der Waals surface area contributed by atoms with Crippen molar-refractivity contribution in [2.75, 3.05) is 38.4 Å². The van der Waals surface area contributed by atoms with Crippen molar-refractivity contribution < 1.29 is 19.3 Å². The van der Waals surface area contributed by atoms with Gasteiger partial charge in [0.1, 0.15) is 12.5 Å². The lowest BCUT2D eigenvalue weighted by atomic mass is 9.72. The van der Waals surface area contributed by atoms with Gasteiger partial charge in [0.15, 0.2) is 11.5 Å². The highest BCUT2D eigenvalue weighted by atomic mass is 28.3. The summed E-state index contributed by atoms with van der Waals surface area (Å²) in [6.45, 7) is 12.3. The number of aromatic nitrogens is 5. The van der Waals surface area contributed by atoms with E-state index >= 15 is 0 Å². The Bertz CT molecular complexity index is 1200. The van der Waals surface area contributed by atoms with Gasteiger partial charge in [0.25, 0.3) is 0 Å². The van der Waals surface area contributed by atoms with Crippen LogP contribution in [-0.2, 0) is 26.5 Å². The summed E-state index contributed by atoms with van der Waals surface area (Å²) in [6, 6.07) is 5.34. The second-order valence-electron chi connectivity index (χ2n) is 11.2. The highest BCUT2D eigenvalue weighted by Crippen LogP contribution is 2.47. The maximum Gasteiger partial charge on any atom is 0.167 e. The number of rotatable bonds is 9. The van der Waals surface area contributed by atoms with Crippen LogP contribution >= 0.6 is 0 Å². The Hall–Kier alpha value is -2.31. The van der Waals surface area contributed by atoms with E-state index in [1.165, 1.54) is 0 Å². The molecule has 1 aliphatic carbocycles. The fraction of sp³-hybridized carbons (Fsp3) is 0.640. The van der Waals surface area contributed by atoms with Crippen molar-refractivity contribution in [3.63, 3.8) is 0 Å². The van der Waals surface area contributed by atoms with Crippen LogP contribution in [0, 0.1) is 0 Å². The van der Waals surface area contributed by atoms with Crippen LogP contribution in [0.3, 0.4) is 0 Å². The zero-order valence-corrected chi connectivity index (χ0v) is 23.0. The molecule has 0 unspecified atom stereocenters. The van der Waals surface area contributed by atoms with Crippen molar-refractivity contribution in [3.05, 3.63) is 30.1 Å². The minimum atomic E-state index is -1.17. The lowest BCUT2D eigenvalue weighted by Gasteiger charge is -2.45. The number of anilines is 1. The van der Waals surface area contributed by atoms with Crippen molar-refractivity contribution >= 4 is 24.9 Å². The molecule has 4 heterocycles. The van der Waals surface area contributed by atoms with Crippen LogP contribution in [0.5, 0.6) is 0 Å². The highest BCUT2D eigenvalue weighted by molar-refractivity contribution is 6.76. The molecule has 36 heavy (non-hydrogen) atoms. The van der Waals surface area contributed by atoms with Gasteiger partial charge in [-0.05, 0) is 19.0 Å². The van der Waals surface area contributed by atoms with Gasteiger partial charge in [-0.3, -0.25) is 0 Å². The summed E-state index contributed by atoms with van der Waals surface area (Å²) < 4.78 is 21.3. The molecular formula is C25H38N6O4Si. The molecule has 0 bridgehead atoms. The molecule has 196 valence electrons. The van der Waals surface area contributed by atoms with E-state index in [1.807, 2.05) is 21.6 Å². The molecule has 5 rings (SSSR count). The number of nitrogens with zero attached hydrogens (tertiary/aromatic N) is 6. The number of morpholine rings is 1. The van der Waals surface area contributed by atoms with E-state index in [-0.39, 0.29) is 12.1 Å². The first kappa shape index (κ1) is 25.3. The van der Waals surface area contributed by atoms with Gasteiger partial charge >= 0.3 is 0 Å². The third kappa shape index (κ3) is 4.82. The second-order valence-corrected chi connectivity index (χ2v) is 16.9. The average molecular weight is 515 g/mol. The van der Waals surface area contributed by atoms with E-state index in [2.05, 4.69) is 42.6 Å². The number of aliphatic hydroxyl groups is 1. The van der Waals surface area contributed by atoms with Gasteiger partial charge in [-0.25, -0.2) is 9.67 Å². The van der Waals surface area contributed by atoms with Crippen molar-refractivity contribution in [1.82, 2.24) is 24.5 Å². The van der Waals surface area contributed by atoms with Gasteiger partial charge in [-0.2, -0.15) is 14.9 Å². The van der Waals surface area contributed by atoms with Gasteiger partial charge in [0.2, 0.25) is 0 Å². The topological polar surface area (TPSA) is 99.7 Å². The summed E-state index contributed by atoms with van der Waals surface area (Å²) in [4.78, 5) is 7.37. The Kier molecular flexibility index (Phi) is 6.94. The molecule has 0 amide bonds. The van der Waals surface area contributed by atoms with E-state index < -0.39 is 13.7 Å². The van der Waals surface area contributed by atoms with Gasteiger partial charge in [-0.1, -0.05) is 19.6 Å². The molecule has 1 saturated heterocycles. The fourth-order valence-corrected chi connectivity index (χ4v) is 5.84. The maximum absolute atomic E-state index is 10.2.